The summed E-state index contributed by atoms with van der Waals surface area (Å²) in [6, 6.07) is 0. The number of hydrogen-bond acceptors (Lipinski definition) is 4. The van der Waals surface area contributed by atoms with Crippen molar-refractivity contribution in [1.82, 2.24) is 0 Å². The van der Waals surface area contributed by atoms with Gasteiger partial charge in [0.1, 0.15) is 0 Å². The highest BCUT2D eigenvalue weighted by molar-refractivity contribution is 6.12. The molecule has 0 saturated heterocycles. The van der Waals surface area contributed by atoms with Gasteiger partial charge in [-0.2, -0.15) is 0 Å². The molecule has 0 spiro atoms. The van der Waals surface area contributed by atoms with Crippen LogP contribution in [0.5, 0.6) is 0 Å². The Labute approximate surface area is 93.0 Å². The summed E-state index contributed by atoms with van der Waals surface area (Å²) in [5.74, 6) is 4.07. The average Bonchev–Trinajstić information content (AvgIpc) is 2.81. The van der Waals surface area contributed by atoms with Crippen LogP contribution in [0.2, 0.25) is 0 Å². The summed E-state index contributed by atoms with van der Waals surface area (Å²) < 4.78 is 0. The van der Waals surface area contributed by atoms with Crippen molar-refractivity contribution in [2.24, 2.45) is 57.2 Å². The summed E-state index contributed by atoms with van der Waals surface area (Å²) in [5.41, 5.74) is 2.09. The Morgan fingerprint density at radius 1 is 1.19 bits per heavy atom. The second-order valence-electron chi connectivity index (χ2n) is 6.49. The number of hydrogen-bond donors (Lipinski definition) is 2. The van der Waals surface area contributed by atoms with Gasteiger partial charge in [-0.25, -0.2) is 0 Å². The van der Waals surface area contributed by atoms with Crippen LogP contribution in [-0.2, 0) is 0 Å². The second kappa shape index (κ2) is 1.91. The first-order valence-corrected chi connectivity index (χ1v) is 6.19. The minimum Gasteiger partial charge on any atom is -0.411 e. The molecule has 5 rings (SSSR count). The van der Waals surface area contributed by atoms with Crippen molar-refractivity contribution in [1.29, 1.82) is 0 Å². The molecule has 0 aromatic rings. The molecule has 5 aliphatic carbocycles. The Morgan fingerprint density at radius 2 is 2.00 bits per heavy atom. The fraction of sp³-hybridized carbons (Fsp3) is 0.833. The third-order valence-corrected chi connectivity index (χ3v) is 6.70. The van der Waals surface area contributed by atoms with Crippen molar-refractivity contribution in [2.75, 3.05) is 0 Å². The molecule has 2 N–H and O–H groups in total. The molecule has 0 radical (unpaired) electrons. The molecular formula is C12H14N2O2. The summed E-state index contributed by atoms with van der Waals surface area (Å²) in [6.07, 6.45) is 1.27. The van der Waals surface area contributed by atoms with Crippen LogP contribution < -0.4 is 0 Å². The van der Waals surface area contributed by atoms with Crippen LogP contribution in [0.4, 0.5) is 0 Å². The Balaban J connectivity index is 1.86. The third-order valence-electron chi connectivity index (χ3n) is 6.70. The van der Waals surface area contributed by atoms with Crippen LogP contribution in [0.1, 0.15) is 13.3 Å². The lowest BCUT2D eigenvalue weighted by Gasteiger charge is -2.53. The van der Waals surface area contributed by atoms with Crippen molar-refractivity contribution in [3.05, 3.63) is 0 Å². The van der Waals surface area contributed by atoms with Gasteiger partial charge in [0.25, 0.3) is 0 Å². The van der Waals surface area contributed by atoms with E-state index < -0.39 is 0 Å². The summed E-state index contributed by atoms with van der Waals surface area (Å²) >= 11 is 0. The lowest BCUT2D eigenvalue weighted by molar-refractivity contribution is -0.0100. The molecule has 5 fully saturated rings. The van der Waals surface area contributed by atoms with E-state index in [9.17, 15) is 10.4 Å². The van der Waals surface area contributed by atoms with E-state index in [1.165, 1.54) is 6.42 Å². The molecule has 0 aliphatic heterocycles. The number of nitrogens with zero attached hydrogens (tertiary/aromatic N) is 2. The molecule has 8 atom stereocenters. The van der Waals surface area contributed by atoms with Crippen LogP contribution in [0.25, 0.3) is 0 Å². The topological polar surface area (TPSA) is 65.2 Å². The van der Waals surface area contributed by atoms with Crippen LogP contribution in [0.3, 0.4) is 0 Å². The third kappa shape index (κ3) is 0.437. The van der Waals surface area contributed by atoms with Gasteiger partial charge in [0, 0.05) is 23.2 Å². The van der Waals surface area contributed by atoms with Gasteiger partial charge in [-0.1, -0.05) is 17.2 Å². The van der Waals surface area contributed by atoms with Gasteiger partial charge in [-0.3, -0.25) is 0 Å². The van der Waals surface area contributed by atoms with E-state index in [0.717, 1.165) is 23.3 Å². The summed E-state index contributed by atoms with van der Waals surface area (Å²) in [5, 5.41) is 25.8. The Bertz CT molecular complexity index is 481. The van der Waals surface area contributed by atoms with E-state index in [4.69, 9.17) is 0 Å². The van der Waals surface area contributed by atoms with Crippen LogP contribution in [0.15, 0.2) is 10.3 Å². The molecule has 5 saturated carbocycles. The quantitative estimate of drug-likeness (QED) is 0.477. The first-order chi connectivity index (χ1) is 7.75. The van der Waals surface area contributed by atoms with Gasteiger partial charge in [0.05, 0.1) is 11.4 Å². The van der Waals surface area contributed by atoms with E-state index in [1.54, 1.807) is 0 Å². The van der Waals surface area contributed by atoms with Gasteiger partial charge in [0.15, 0.2) is 0 Å². The van der Waals surface area contributed by atoms with Gasteiger partial charge < -0.3 is 10.4 Å². The Morgan fingerprint density at radius 3 is 2.69 bits per heavy atom. The van der Waals surface area contributed by atoms with Gasteiger partial charge in [0.2, 0.25) is 0 Å². The zero-order chi connectivity index (χ0) is 10.8. The number of rotatable bonds is 0. The molecule has 0 aromatic carbocycles. The lowest BCUT2D eigenvalue weighted by atomic mass is 9.49. The minimum absolute atomic E-state index is 0.0259. The van der Waals surface area contributed by atoms with Crippen LogP contribution in [-0.4, -0.2) is 21.8 Å². The molecule has 0 unspecified atom stereocenters. The Kier molecular flexibility index (Phi) is 0.967. The van der Waals surface area contributed by atoms with Gasteiger partial charge in [-0.05, 0) is 30.1 Å². The lowest BCUT2D eigenvalue weighted by Crippen LogP contribution is -2.57. The SMILES string of the molecule is C[C@]12C(=NO)[C@@H]3[C@H]4C[C@H]5[C@@H]3C(=NO)[C@@H]1[C@@H]5[C@@H]42. The highest BCUT2D eigenvalue weighted by Crippen LogP contribution is 2.85. The largest absolute Gasteiger partial charge is 0.411 e. The summed E-state index contributed by atoms with van der Waals surface area (Å²) in [6.45, 7) is 2.22. The van der Waals surface area contributed by atoms with Crippen LogP contribution in [0, 0.1) is 46.8 Å². The normalized spacial score (nSPS) is 72.2. The Hall–Kier alpha value is -1.06. The minimum atomic E-state index is 0.0259. The molecule has 0 amide bonds. The molecule has 0 aromatic heterocycles. The molecule has 5 aliphatic rings. The first kappa shape index (κ1) is 8.09. The molecule has 4 nitrogen and oxygen atoms in total. The van der Waals surface area contributed by atoms with E-state index >= 15 is 0 Å². The molecular weight excluding hydrogens is 204 g/mol. The summed E-state index contributed by atoms with van der Waals surface area (Å²) in [4.78, 5) is 0. The fourth-order valence-electron chi connectivity index (χ4n) is 6.73. The standard InChI is InChI=1S/C12H14N2O2/c1-12-8-4-2-3-5(6(4)11(12)14-16)10(13-15)9(12)7(3)8/h3-9,15-16H,2H2,1H3/t3-,4+,5-,6+,7-,8+,9-,12+/m0/s1. The number of fused-ring (bicyclic) bond motifs is 2. The first-order valence-electron chi connectivity index (χ1n) is 6.19. The second-order valence-corrected chi connectivity index (χ2v) is 6.49. The molecule has 16 heavy (non-hydrogen) atoms. The van der Waals surface area contributed by atoms with Crippen molar-refractivity contribution in [2.45, 2.75) is 13.3 Å². The fourth-order valence-corrected chi connectivity index (χ4v) is 6.73. The van der Waals surface area contributed by atoms with Gasteiger partial charge >= 0.3 is 0 Å². The highest BCUT2D eigenvalue weighted by atomic mass is 16.4. The van der Waals surface area contributed by atoms with Crippen LogP contribution >= 0.6 is 0 Å². The maximum Gasteiger partial charge on any atom is 0.0679 e. The van der Waals surface area contributed by atoms with Crippen molar-refractivity contribution in [3.8, 4) is 0 Å². The predicted molar refractivity (Wildman–Crippen MR) is 55.6 cm³/mol. The average molecular weight is 218 g/mol. The molecule has 84 valence electrons. The van der Waals surface area contributed by atoms with E-state index in [-0.39, 0.29) is 5.41 Å². The highest BCUT2D eigenvalue weighted by Gasteiger charge is 2.87. The summed E-state index contributed by atoms with van der Waals surface area (Å²) in [7, 11) is 0. The molecule has 0 heterocycles. The van der Waals surface area contributed by atoms with Crippen molar-refractivity contribution >= 4 is 11.4 Å². The zero-order valence-electron chi connectivity index (χ0n) is 9.04. The molecule has 4 heteroatoms. The van der Waals surface area contributed by atoms with Gasteiger partial charge in [-0.15, -0.1) is 0 Å². The smallest absolute Gasteiger partial charge is 0.0679 e. The maximum atomic E-state index is 9.29. The zero-order valence-corrected chi connectivity index (χ0v) is 9.04. The van der Waals surface area contributed by atoms with E-state index in [1.807, 2.05) is 0 Å². The van der Waals surface area contributed by atoms with Crippen molar-refractivity contribution < 1.29 is 10.4 Å². The molecule has 2 bridgehead atoms. The maximum absolute atomic E-state index is 9.29. The van der Waals surface area contributed by atoms with E-state index in [2.05, 4.69) is 17.2 Å². The number of oxime groups is 2. The predicted octanol–water partition coefficient (Wildman–Crippen LogP) is 1.42. The monoisotopic (exact) mass is 218 g/mol. The van der Waals surface area contributed by atoms with E-state index in [0.29, 0.717) is 29.6 Å². The van der Waals surface area contributed by atoms with Crippen molar-refractivity contribution in [3.63, 3.8) is 0 Å².